The summed E-state index contributed by atoms with van der Waals surface area (Å²) in [5.41, 5.74) is 3.18. The van der Waals surface area contributed by atoms with Gasteiger partial charge in [-0.15, -0.1) is 0 Å². The first kappa shape index (κ1) is 14.0. The molecule has 102 valence electrons. The topological polar surface area (TPSA) is 45.0 Å². The van der Waals surface area contributed by atoms with Gasteiger partial charge < -0.3 is 10.1 Å². The molecule has 0 heterocycles. The fraction of sp³-hybridized carbons (Fsp3) is 0.235. The summed E-state index contributed by atoms with van der Waals surface area (Å²) in [6, 6.07) is 18.2. The number of rotatable bonds is 5. The van der Waals surface area contributed by atoms with Crippen LogP contribution in [0.4, 0.5) is 5.69 Å². The van der Waals surface area contributed by atoms with Crippen LogP contribution in [0.5, 0.6) is 5.75 Å². The fourth-order valence-electron chi connectivity index (χ4n) is 2.16. The number of benzene rings is 2. The second-order valence-electron chi connectivity index (χ2n) is 4.64. The Morgan fingerprint density at radius 1 is 1.15 bits per heavy atom. The maximum atomic E-state index is 8.66. The third-order valence-corrected chi connectivity index (χ3v) is 3.23. The Morgan fingerprint density at radius 2 is 1.85 bits per heavy atom. The summed E-state index contributed by atoms with van der Waals surface area (Å²) in [7, 11) is 1.68. The van der Waals surface area contributed by atoms with Gasteiger partial charge in [0.15, 0.2) is 0 Å². The Bertz CT molecular complexity index is 599. The molecule has 2 aromatic carbocycles. The molecule has 0 spiro atoms. The van der Waals surface area contributed by atoms with Gasteiger partial charge in [-0.2, -0.15) is 5.26 Å². The van der Waals surface area contributed by atoms with Crippen LogP contribution in [0.2, 0.25) is 0 Å². The number of nitriles is 1. The molecular formula is C17H18N2O. The largest absolute Gasteiger partial charge is 0.496 e. The van der Waals surface area contributed by atoms with Crippen LogP contribution in [0.15, 0.2) is 48.5 Å². The number of nitrogens with one attached hydrogen (secondary N) is 1. The van der Waals surface area contributed by atoms with Crippen molar-refractivity contribution < 1.29 is 4.74 Å². The number of ether oxygens (including phenoxy) is 1. The molecule has 0 saturated heterocycles. The van der Waals surface area contributed by atoms with Crippen molar-refractivity contribution in [1.29, 1.82) is 5.26 Å². The van der Waals surface area contributed by atoms with Gasteiger partial charge in [0.05, 0.1) is 25.6 Å². The lowest BCUT2D eigenvalue weighted by atomic mass is 10.1. The maximum Gasteiger partial charge on any atom is 0.124 e. The second-order valence-corrected chi connectivity index (χ2v) is 4.64. The van der Waals surface area contributed by atoms with Gasteiger partial charge in [0.1, 0.15) is 5.75 Å². The van der Waals surface area contributed by atoms with Gasteiger partial charge in [-0.25, -0.2) is 0 Å². The van der Waals surface area contributed by atoms with Crippen molar-refractivity contribution in [3.8, 4) is 11.8 Å². The number of hydrogen-bond donors (Lipinski definition) is 1. The van der Waals surface area contributed by atoms with Crippen molar-refractivity contribution in [3.63, 3.8) is 0 Å². The SMILES string of the molecule is COc1ccccc1C(C)Nc1ccc(CC#N)cc1. The number of nitrogens with zero attached hydrogens (tertiary/aromatic N) is 1. The van der Waals surface area contributed by atoms with Crippen LogP contribution in [0.3, 0.4) is 0 Å². The highest BCUT2D eigenvalue weighted by Crippen LogP contribution is 2.27. The molecule has 0 aliphatic carbocycles. The lowest BCUT2D eigenvalue weighted by Crippen LogP contribution is -2.08. The summed E-state index contributed by atoms with van der Waals surface area (Å²) in [6.45, 7) is 2.10. The highest BCUT2D eigenvalue weighted by molar-refractivity contribution is 5.48. The van der Waals surface area contributed by atoms with E-state index in [4.69, 9.17) is 10.00 Å². The smallest absolute Gasteiger partial charge is 0.124 e. The van der Waals surface area contributed by atoms with Gasteiger partial charge in [0, 0.05) is 11.3 Å². The molecule has 3 heteroatoms. The van der Waals surface area contributed by atoms with E-state index in [1.54, 1.807) is 7.11 Å². The van der Waals surface area contributed by atoms with E-state index in [0.29, 0.717) is 6.42 Å². The van der Waals surface area contributed by atoms with E-state index < -0.39 is 0 Å². The van der Waals surface area contributed by atoms with Crippen molar-refractivity contribution in [2.45, 2.75) is 19.4 Å². The first-order valence-electron chi connectivity index (χ1n) is 6.60. The van der Waals surface area contributed by atoms with Crippen LogP contribution >= 0.6 is 0 Å². The van der Waals surface area contributed by atoms with E-state index in [9.17, 15) is 0 Å². The molecular weight excluding hydrogens is 248 g/mol. The van der Waals surface area contributed by atoms with Crippen LogP contribution in [0.1, 0.15) is 24.1 Å². The lowest BCUT2D eigenvalue weighted by Gasteiger charge is -2.18. The minimum Gasteiger partial charge on any atom is -0.496 e. The van der Waals surface area contributed by atoms with Gasteiger partial charge in [0.2, 0.25) is 0 Å². The molecule has 0 aliphatic rings. The monoisotopic (exact) mass is 266 g/mol. The van der Waals surface area contributed by atoms with E-state index >= 15 is 0 Å². The van der Waals surface area contributed by atoms with E-state index in [1.807, 2.05) is 42.5 Å². The number of anilines is 1. The first-order chi connectivity index (χ1) is 9.74. The molecule has 20 heavy (non-hydrogen) atoms. The molecule has 0 saturated carbocycles. The quantitative estimate of drug-likeness (QED) is 0.891. The number of hydrogen-bond acceptors (Lipinski definition) is 3. The van der Waals surface area contributed by atoms with E-state index in [2.05, 4.69) is 24.4 Å². The van der Waals surface area contributed by atoms with Crippen molar-refractivity contribution >= 4 is 5.69 Å². The number of para-hydroxylation sites is 1. The zero-order chi connectivity index (χ0) is 14.4. The third-order valence-electron chi connectivity index (χ3n) is 3.23. The van der Waals surface area contributed by atoms with E-state index in [0.717, 1.165) is 22.6 Å². The average Bonchev–Trinajstić information content (AvgIpc) is 2.49. The molecule has 2 aromatic rings. The number of methoxy groups -OCH3 is 1. The second kappa shape index (κ2) is 6.63. The van der Waals surface area contributed by atoms with Gasteiger partial charge in [-0.3, -0.25) is 0 Å². The van der Waals surface area contributed by atoms with Gasteiger partial charge in [-0.1, -0.05) is 30.3 Å². The fourth-order valence-corrected chi connectivity index (χ4v) is 2.16. The highest BCUT2D eigenvalue weighted by Gasteiger charge is 2.10. The normalized spacial score (nSPS) is 11.4. The van der Waals surface area contributed by atoms with Crippen LogP contribution < -0.4 is 10.1 Å². The van der Waals surface area contributed by atoms with Gasteiger partial charge in [0.25, 0.3) is 0 Å². The molecule has 2 rings (SSSR count). The summed E-state index contributed by atoms with van der Waals surface area (Å²) < 4.78 is 5.38. The highest BCUT2D eigenvalue weighted by atomic mass is 16.5. The summed E-state index contributed by atoms with van der Waals surface area (Å²) in [4.78, 5) is 0. The standard InChI is InChI=1S/C17H18N2O/c1-13(16-5-3-4-6-17(16)20-2)19-15-9-7-14(8-10-15)11-12-18/h3-10,13,19H,11H2,1-2H3. The summed E-state index contributed by atoms with van der Waals surface area (Å²) in [5, 5.41) is 12.1. The van der Waals surface area contributed by atoms with Crippen LogP contribution in [-0.2, 0) is 6.42 Å². The molecule has 1 atom stereocenters. The van der Waals surface area contributed by atoms with Crippen LogP contribution in [0, 0.1) is 11.3 Å². The summed E-state index contributed by atoms with van der Waals surface area (Å²) >= 11 is 0. The first-order valence-corrected chi connectivity index (χ1v) is 6.60. The minimum absolute atomic E-state index is 0.146. The Labute approximate surface area is 119 Å². The van der Waals surface area contributed by atoms with Gasteiger partial charge in [-0.05, 0) is 30.7 Å². The molecule has 0 amide bonds. The maximum absolute atomic E-state index is 8.66. The van der Waals surface area contributed by atoms with Gasteiger partial charge >= 0.3 is 0 Å². The minimum atomic E-state index is 0.146. The van der Waals surface area contributed by atoms with Crippen molar-refractivity contribution in [2.75, 3.05) is 12.4 Å². The predicted molar refractivity (Wildman–Crippen MR) is 80.8 cm³/mol. The molecule has 1 unspecified atom stereocenters. The van der Waals surface area contributed by atoms with Crippen LogP contribution in [0.25, 0.3) is 0 Å². The Balaban J connectivity index is 2.11. The summed E-state index contributed by atoms with van der Waals surface area (Å²) in [5.74, 6) is 0.883. The molecule has 0 aromatic heterocycles. The Kier molecular flexibility index (Phi) is 4.62. The van der Waals surface area contributed by atoms with E-state index in [-0.39, 0.29) is 6.04 Å². The average molecular weight is 266 g/mol. The van der Waals surface area contributed by atoms with Crippen molar-refractivity contribution in [2.24, 2.45) is 0 Å². The van der Waals surface area contributed by atoms with Crippen LogP contribution in [-0.4, -0.2) is 7.11 Å². The lowest BCUT2D eigenvalue weighted by molar-refractivity contribution is 0.408. The molecule has 0 fully saturated rings. The third kappa shape index (κ3) is 3.30. The molecule has 0 bridgehead atoms. The zero-order valence-electron chi connectivity index (χ0n) is 11.8. The van der Waals surface area contributed by atoms with Crippen molar-refractivity contribution in [1.82, 2.24) is 0 Å². The predicted octanol–water partition coefficient (Wildman–Crippen LogP) is 3.93. The summed E-state index contributed by atoms with van der Waals surface area (Å²) in [6.07, 6.45) is 0.447. The van der Waals surface area contributed by atoms with E-state index in [1.165, 1.54) is 0 Å². The zero-order valence-corrected chi connectivity index (χ0v) is 11.8. The van der Waals surface area contributed by atoms with Crippen molar-refractivity contribution in [3.05, 3.63) is 59.7 Å². The molecule has 0 aliphatic heterocycles. The molecule has 3 nitrogen and oxygen atoms in total. The molecule has 1 N–H and O–H groups in total. The molecule has 0 radical (unpaired) electrons. The Hall–Kier alpha value is -2.47. The Morgan fingerprint density at radius 3 is 2.50 bits per heavy atom.